The Balaban J connectivity index is 2.49. The van der Waals surface area contributed by atoms with Crippen LogP contribution in [0, 0.1) is 5.92 Å². The van der Waals surface area contributed by atoms with Gasteiger partial charge in [0.2, 0.25) is 11.8 Å². The molecule has 0 aromatic rings. The van der Waals surface area contributed by atoms with E-state index in [9.17, 15) is 14.4 Å². The molecule has 1 rings (SSSR count). The van der Waals surface area contributed by atoms with E-state index in [0.29, 0.717) is 32.7 Å². The molecule has 2 amide bonds. The number of rotatable bonds is 6. The summed E-state index contributed by atoms with van der Waals surface area (Å²) in [5.41, 5.74) is 0. The molecule has 120 valence electrons. The number of amides is 2. The predicted molar refractivity (Wildman–Crippen MR) is 77.7 cm³/mol. The number of carboxylic acids is 1. The summed E-state index contributed by atoms with van der Waals surface area (Å²) in [6, 6.07) is -0.493. The van der Waals surface area contributed by atoms with Crippen LogP contribution in [0.5, 0.6) is 0 Å². The van der Waals surface area contributed by atoms with E-state index >= 15 is 0 Å². The first-order valence-electron chi connectivity index (χ1n) is 7.31. The lowest BCUT2D eigenvalue weighted by Gasteiger charge is -2.37. The fourth-order valence-electron chi connectivity index (χ4n) is 2.37. The number of carbonyl (C=O) groups is 3. The summed E-state index contributed by atoms with van der Waals surface area (Å²) in [6.45, 7) is 8.21. The van der Waals surface area contributed by atoms with Crippen LogP contribution in [0.1, 0.15) is 27.2 Å². The van der Waals surface area contributed by atoms with Crippen molar-refractivity contribution in [2.24, 2.45) is 5.92 Å². The van der Waals surface area contributed by atoms with Crippen molar-refractivity contribution >= 4 is 17.8 Å². The highest BCUT2D eigenvalue weighted by atomic mass is 16.4. The topological polar surface area (TPSA) is 90.0 Å². The number of hydrogen-bond acceptors (Lipinski definition) is 4. The highest BCUT2D eigenvalue weighted by molar-refractivity contribution is 5.87. The number of carbonyl (C=O) groups excluding carboxylic acids is 2. The Bertz CT molecular complexity index is 390. The Hall–Kier alpha value is -1.63. The van der Waals surface area contributed by atoms with Gasteiger partial charge in [-0.15, -0.1) is 0 Å². The number of aliphatic carboxylic acids is 1. The van der Waals surface area contributed by atoms with Crippen LogP contribution in [0.4, 0.5) is 0 Å². The second-order valence-electron chi connectivity index (χ2n) is 5.73. The number of nitrogens with zero attached hydrogens (tertiary/aromatic N) is 2. The second kappa shape index (κ2) is 7.97. The minimum absolute atomic E-state index is 0.0337. The molecule has 0 saturated carbocycles. The molecular formula is C14H25N3O4. The Morgan fingerprint density at radius 2 is 1.71 bits per heavy atom. The summed E-state index contributed by atoms with van der Waals surface area (Å²) in [5, 5.41) is 11.4. The van der Waals surface area contributed by atoms with Gasteiger partial charge in [-0.3, -0.25) is 19.3 Å². The quantitative estimate of drug-likeness (QED) is 0.707. The van der Waals surface area contributed by atoms with Gasteiger partial charge in [-0.2, -0.15) is 0 Å². The molecule has 7 heteroatoms. The standard InChI is InChI=1S/C14H25N3O4/c1-10(2)13(15-11(3)18)14(21)17-8-6-16(7-9-17)5-4-12(19)20/h10,13H,4-9H2,1-3H3,(H,15,18)(H,19,20). The van der Waals surface area contributed by atoms with Gasteiger partial charge in [0.25, 0.3) is 0 Å². The molecule has 0 aliphatic carbocycles. The zero-order chi connectivity index (χ0) is 16.0. The second-order valence-corrected chi connectivity index (χ2v) is 5.73. The molecule has 0 bridgehead atoms. The first kappa shape index (κ1) is 17.4. The van der Waals surface area contributed by atoms with E-state index < -0.39 is 12.0 Å². The maximum atomic E-state index is 12.4. The van der Waals surface area contributed by atoms with Crippen LogP contribution in [0.15, 0.2) is 0 Å². The number of nitrogens with one attached hydrogen (secondary N) is 1. The lowest BCUT2D eigenvalue weighted by atomic mass is 10.0. The Morgan fingerprint density at radius 3 is 2.14 bits per heavy atom. The minimum atomic E-state index is -0.806. The minimum Gasteiger partial charge on any atom is -0.481 e. The SMILES string of the molecule is CC(=O)NC(C(=O)N1CCN(CCC(=O)O)CC1)C(C)C. The molecule has 1 saturated heterocycles. The summed E-state index contributed by atoms with van der Waals surface area (Å²) in [4.78, 5) is 38.0. The smallest absolute Gasteiger partial charge is 0.304 e. The molecule has 1 atom stereocenters. The van der Waals surface area contributed by atoms with Crippen LogP contribution in [0.3, 0.4) is 0 Å². The summed E-state index contributed by atoms with van der Waals surface area (Å²) in [6.07, 6.45) is 0.120. The van der Waals surface area contributed by atoms with Crippen LogP contribution in [-0.4, -0.2) is 71.5 Å². The van der Waals surface area contributed by atoms with Crippen LogP contribution < -0.4 is 5.32 Å². The van der Waals surface area contributed by atoms with Crippen LogP contribution in [-0.2, 0) is 14.4 Å². The molecule has 1 aliphatic heterocycles. The van der Waals surface area contributed by atoms with Gasteiger partial charge >= 0.3 is 5.97 Å². The van der Waals surface area contributed by atoms with E-state index in [4.69, 9.17) is 5.11 Å². The number of carboxylic acid groups (broad SMARTS) is 1. The largest absolute Gasteiger partial charge is 0.481 e. The Labute approximate surface area is 125 Å². The summed E-state index contributed by atoms with van der Waals surface area (Å²) < 4.78 is 0. The monoisotopic (exact) mass is 299 g/mol. The molecule has 7 nitrogen and oxygen atoms in total. The van der Waals surface area contributed by atoms with Gasteiger partial charge in [-0.1, -0.05) is 13.8 Å². The third-order valence-corrected chi connectivity index (χ3v) is 3.62. The average molecular weight is 299 g/mol. The van der Waals surface area contributed by atoms with Crippen molar-refractivity contribution in [3.63, 3.8) is 0 Å². The summed E-state index contributed by atoms with van der Waals surface area (Å²) >= 11 is 0. The van der Waals surface area contributed by atoms with Crippen molar-refractivity contribution in [3.8, 4) is 0 Å². The van der Waals surface area contributed by atoms with Gasteiger partial charge in [0.1, 0.15) is 6.04 Å². The van der Waals surface area contributed by atoms with Crippen molar-refractivity contribution in [2.75, 3.05) is 32.7 Å². The van der Waals surface area contributed by atoms with Crippen LogP contribution in [0.2, 0.25) is 0 Å². The van der Waals surface area contributed by atoms with Gasteiger partial charge in [-0.05, 0) is 5.92 Å². The van der Waals surface area contributed by atoms with Gasteiger partial charge in [0.05, 0.1) is 6.42 Å². The van der Waals surface area contributed by atoms with Crippen molar-refractivity contribution in [2.45, 2.75) is 33.2 Å². The third kappa shape index (κ3) is 5.71. The highest BCUT2D eigenvalue weighted by Gasteiger charge is 2.29. The molecule has 0 spiro atoms. The predicted octanol–water partition coefficient (Wildman–Crippen LogP) is -0.234. The molecule has 1 aliphatic rings. The van der Waals surface area contributed by atoms with E-state index in [1.165, 1.54) is 6.92 Å². The number of hydrogen-bond donors (Lipinski definition) is 2. The van der Waals surface area contributed by atoms with Crippen molar-refractivity contribution in [3.05, 3.63) is 0 Å². The van der Waals surface area contributed by atoms with Gasteiger partial charge in [0, 0.05) is 39.6 Å². The molecular weight excluding hydrogens is 274 g/mol. The molecule has 0 aromatic heterocycles. The first-order valence-corrected chi connectivity index (χ1v) is 7.31. The lowest BCUT2D eigenvalue weighted by molar-refractivity contribution is -0.140. The fraction of sp³-hybridized carbons (Fsp3) is 0.786. The number of piperazine rings is 1. The van der Waals surface area contributed by atoms with Crippen LogP contribution >= 0.6 is 0 Å². The highest BCUT2D eigenvalue weighted by Crippen LogP contribution is 2.10. The van der Waals surface area contributed by atoms with Crippen molar-refractivity contribution in [1.29, 1.82) is 0 Å². The average Bonchev–Trinajstić information content (AvgIpc) is 2.42. The third-order valence-electron chi connectivity index (χ3n) is 3.62. The molecule has 0 aromatic carbocycles. The van der Waals surface area contributed by atoms with Crippen LogP contribution in [0.25, 0.3) is 0 Å². The molecule has 21 heavy (non-hydrogen) atoms. The van der Waals surface area contributed by atoms with E-state index in [1.54, 1.807) is 4.90 Å². The van der Waals surface area contributed by atoms with E-state index in [0.717, 1.165) is 0 Å². The summed E-state index contributed by atoms with van der Waals surface area (Å²) in [5.74, 6) is -1.04. The zero-order valence-electron chi connectivity index (χ0n) is 13.0. The lowest BCUT2D eigenvalue weighted by Crippen LogP contribution is -2.56. The fourth-order valence-corrected chi connectivity index (χ4v) is 2.37. The first-order chi connectivity index (χ1) is 9.81. The van der Waals surface area contributed by atoms with Crippen molar-refractivity contribution in [1.82, 2.24) is 15.1 Å². The maximum absolute atomic E-state index is 12.4. The summed E-state index contributed by atoms with van der Waals surface area (Å²) in [7, 11) is 0. The normalized spacial score (nSPS) is 17.6. The maximum Gasteiger partial charge on any atom is 0.304 e. The molecule has 1 fully saturated rings. The molecule has 0 radical (unpaired) electrons. The van der Waals surface area contributed by atoms with E-state index in [2.05, 4.69) is 5.32 Å². The van der Waals surface area contributed by atoms with Gasteiger partial charge in [-0.25, -0.2) is 0 Å². The van der Waals surface area contributed by atoms with E-state index in [-0.39, 0.29) is 24.2 Å². The Morgan fingerprint density at radius 1 is 1.14 bits per heavy atom. The molecule has 1 unspecified atom stereocenters. The van der Waals surface area contributed by atoms with Gasteiger partial charge in [0.15, 0.2) is 0 Å². The Kier molecular flexibility index (Phi) is 6.61. The zero-order valence-corrected chi connectivity index (χ0v) is 13.0. The van der Waals surface area contributed by atoms with Gasteiger partial charge < -0.3 is 15.3 Å². The van der Waals surface area contributed by atoms with Crippen molar-refractivity contribution < 1.29 is 19.5 Å². The van der Waals surface area contributed by atoms with E-state index in [1.807, 2.05) is 18.7 Å². The molecule has 1 heterocycles. The molecule has 2 N–H and O–H groups in total.